The Kier molecular flexibility index (Phi) is 4.75. The molecule has 1 aromatic carbocycles. The number of carbonyl (C=O) groups excluding carboxylic acids is 1. The molecule has 0 heterocycles. The molecule has 0 radical (unpaired) electrons. The molecule has 96 valence electrons. The smallest absolute Gasteiger partial charge is 0.229 e. The van der Waals surface area contributed by atoms with Gasteiger partial charge in [-0.2, -0.15) is 5.26 Å². The van der Waals surface area contributed by atoms with E-state index in [2.05, 4.69) is 6.07 Å². The highest BCUT2D eigenvalue weighted by Gasteiger charge is 2.29. The molecule has 3 nitrogen and oxygen atoms in total. The number of benzene rings is 1. The summed E-state index contributed by atoms with van der Waals surface area (Å²) in [5.41, 5.74) is 0.976. The van der Waals surface area contributed by atoms with E-state index < -0.39 is 5.41 Å². The van der Waals surface area contributed by atoms with Crippen LogP contribution in [0.1, 0.15) is 25.0 Å². The first kappa shape index (κ1) is 14.5. The van der Waals surface area contributed by atoms with Crippen molar-refractivity contribution in [1.82, 2.24) is 4.90 Å². The molecule has 0 aromatic heterocycles. The quantitative estimate of drug-likeness (QED) is 0.785. The van der Waals surface area contributed by atoms with Gasteiger partial charge in [0.25, 0.3) is 0 Å². The third-order valence-electron chi connectivity index (χ3n) is 2.74. The summed E-state index contributed by atoms with van der Waals surface area (Å²) in [5, 5.41) is 8.82. The van der Waals surface area contributed by atoms with Gasteiger partial charge in [0, 0.05) is 19.5 Å². The van der Waals surface area contributed by atoms with Gasteiger partial charge >= 0.3 is 0 Å². The molecule has 0 N–H and O–H groups in total. The molecule has 18 heavy (non-hydrogen) atoms. The Balaban J connectivity index is 2.79. The van der Waals surface area contributed by atoms with Crippen molar-refractivity contribution in [3.05, 3.63) is 35.4 Å². The van der Waals surface area contributed by atoms with Gasteiger partial charge in [-0.1, -0.05) is 12.1 Å². The summed E-state index contributed by atoms with van der Waals surface area (Å²) in [5.74, 6) is 0.286. The molecule has 1 amide bonds. The Morgan fingerprint density at radius 3 is 2.72 bits per heavy atom. The number of hydrogen-bond donors (Lipinski definition) is 0. The van der Waals surface area contributed by atoms with Gasteiger partial charge in [0.1, 0.15) is 0 Å². The molecule has 0 fully saturated rings. The lowest BCUT2D eigenvalue weighted by Gasteiger charge is -2.27. The summed E-state index contributed by atoms with van der Waals surface area (Å²) in [6.45, 7) is 4.13. The van der Waals surface area contributed by atoms with E-state index in [1.54, 1.807) is 24.1 Å². The fourth-order valence-corrected chi connectivity index (χ4v) is 1.77. The van der Waals surface area contributed by atoms with Gasteiger partial charge in [-0.15, -0.1) is 11.6 Å². The van der Waals surface area contributed by atoms with E-state index in [1.165, 1.54) is 0 Å². The Morgan fingerprint density at radius 2 is 2.17 bits per heavy atom. The topological polar surface area (TPSA) is 44.1 Å². The lowest BCUT2D eigenvalue weighted by molar-refractivity contribution is -0.138. The maximum absolute atomic E-state index is 12.1. The van der Waals surface area contributed by atoms with Crippen molar-refractivity contribution in [1.29, 1.82) is 5.26 Å². The lowest BCUT2D eigenvalue weighted by Crippen LogP contribution is -2.39. The monoisotopic (exact) mass is 264 g/mol. The fourth-order valence-electron chi connectivity index (χ4n) is 1.66. The average Bonchev–Trinajstić information content (AvgIpc) is 2.37. The van der Waals surface area contributed by atoms with Crippen molar-refractivity contribution in [2.24, 2.45) is 5.41 Å². The zero-order chi connectivity index (χ0) is 13.8. The molecule has 0 aliphatic heterocycles. The van der Waals surface area contributed by atoms with E-state index in [1.807, 2.05) is 26.0 Å². The van der Waals surface area contributed by atoms with Gasteiger partial charge in [0.15, 0.2) is 0 Å². The molecular formula is C14H17ClN2O. The fraction of sp³-hybridized carbons (Fsp3) is 0.429. The number of hydrogen-bond acceptors (Lipinski definition) is 2. The first-order valence-corrected chi connectivity index (χ1v) is 6.25. The van der Waals surface area contributed by atoms with E-state index in [0.717, 1.165) is 5.56 Å². The molecule has 0 spiro atoms. The highest BCUT2D eigenvalue weighted by Crippen LogP contribution is 2.21. The summed E-state index contributed by atoms with van der Waals surface area (Å²) < 4.78 is 0. The molecule has 0 bridgehead atoms. The van der Waals surface area contributed by atoms with Gasteiger partial charge in [-0.3, -0.25) is 4.79 Å². The van der Waals surface area contributed by atoms with Crippen LogP contribution in [0.2, 0.25) is 0 Å². The van der Waals surface area contributed by atoms with Gasteiger partial charge in [0.2, 0.25) is 5.91 Å². The second-order valence-electron chi connectivity index (χ2n) is 4.99. The molecule has 0 saturated heterocycles. The number of rotatable bonds is 4. The van der Waals surface area contributed by atoms with Gasteiger partial charge < -0.3 is 4.90 Å². The van der Waals surface area contributed by atoms with Crippen molar-refractivity contribution in [2.45, 2.75) is 20.4 Å². The van der Waals surface area contributed by atoms with Crippen LogP contribution in [0.4, 0.5) is 0 Å². The molecule has 0 unspecified atom stereocenters. The highest BCUT2D eigenvalue weighted by molar-refractivity contribution is 6.19. The van der Waals surface area contributed by atoms with E-state index in [0.29, 0.717) is 12.1 Å². The summed E-state index contributed by atoms with van der Waals surface area (Å²) in [4.78, 5) is 13.8. The maximum atomic E-state index is 12.1. The van der Waals surface area contributed by atoms with E-state index in [9.17, 15) is 4.79 Å². The van der Waals surface area contributed by atoms with Gasteiger partial charge in [-0.05, 0) is 31.5 Å². The molecular weight excluding hydrogens is 248 g/mol. The summed E-state index contributed by atoms with van der Waals surface area (Å²) in [6, 6.07) is 9.34. The minimum atomic E-state index is -0.566. The Hall–Kier alpha value is -1.53. The first-order chi connectivity index (χ1) is 8.40. The van der Waals surface area contributed by atoms with E-state index >= 15 is 0 Å². The molecule has 0 saturated carbocycles. The normalized spacial score (nSPS) is 10.8. The van der Waals surface area contributed by atoms with Crippen molar-refractivity contribution >= 4 is 17.5 Å². The van der Waals surface area contributed by atoms with Crippen LogP contribution in [0.5, 0.6) is 0 Å². The minimum Gasteiger partial charge on any atom is -0.341 e. The Morgan fingerprint density at radius 1 is 1.50 bits per heavy atom. The maximum Gasteiger partial charge on any atom is 0.229 e. The van der Waals surface area contributed by atoms with Crippen molar-refractivity contribution < 1.29 is 4.79 Å². The molecule has 0 atom stereocenters. The zero-order valence-electron chi connectivity index (χ0n) is 10.9. The third-order valence-corrected chi connectivity index (χ3v) is 3.40. The van der Waals surface area contributed by atoms with Crippen LogP contribution in [-0.4, -0.2) is 23.7 Å². The second kappa shape index (κ2) is 5.88. The SMILES string of the molecule is CN(Cc1cccc(C#N)c1)C(=O)C(C)(C)CCl. The van der Waals surface area contributed by atoms with Crippen LogP contribution in [0.25, 0.3) is 0 Å². The highest BCUT2D eigenvalue weighted by atomic mass is 35.5. The van der Waals surface area contributed by atoms with Gasteiger partial charge in [-0.25, -0.2) is 0 Å². The predicted octanol–water partition coefficient (Wildman–Crippen LogP) is 2.78. The standard InChI is InChI=1S/C14H17ClN2O/c1-14(2,10-15)13(18)17(3)9-12-6-4-5-11(7-12)8-16/h4-7H,9-10H2,1-3H3. The number of carbonyl (C=O) groups is 1. The second-order valence-corrected chi connectivity index (χ2v) is 5.26. The van der Waals surface area contributed by atoms with Crippen LogP contribution in [0, 0.1) is 16.7 Å². The van der Waals surface area contributed by atoms with Crippen LogP contribution in [0.15, 0.2) is 24.3 Å². The molecule has 0 aliphatic carbocycles. The number of nitrogens with zero attached hydrogens (tertiary/aromatic N) is 2. The molecule has 1 rings (SSSR count). The Bertz CT molecular complexity index is 477. The number of halogens is 1. The lowest BCUT2D eigenvalue weighted by atomic mass is 9.94. The largest absolute Gasteiger partial charge is 0.341 e. The Labute approximate surface area is 113 Å². The van der Waals surface area contributed by atoms with Crippen LogP contribution < -0.4 is 0 Å². The summed E-state index contributed by atoms with van der Waals surface area (Å²) in [7, 11) is 1.75. The van der Waals surface area contributed by atoms with Crippen molar-refractivity contribution in [2.75, 3.05) is 12.9 Å². The van der Waals surface area contributed by atoms with Crippen LogP contribution >= 0.6 is 11.6 Å². The third kappa shape index (κ3) is 3.48. The van der Waals surface area contributed by atoms with Crippen LogP contribution in [-0.2, 0) is 11.3 Å². The molecule has 4 heteroatoms. The predicted molar refractivity (Wildman–Crippen MR) is 72.1 cm³/mol. The minimum absolute atomic E-state index is 0.000129. The average molecular weight is 265 g/mol. The number of nitriles is 1. The van der Waals surface area contributed by atoms with Crippen molar-refractivity contribution in [3.63, 3.8) is 0 Å². The molecule has 1 aromatic rings. The summed E-state index contributed by atoms with van der Waals surface area (Å²) in [6.07, 6.45) is 0. The van der Waals surface area contributed by atoms with E-state index in [-0.39, 0.29) is 11.8 Å². The molecule has 0 aliphatic rings. The first-order valence-electron chi connectivity index (χ1n) is 5.71. The number of amides is 1. The van der Waals surface area contributed by atoms with Crippen LogP contribution in [0.3, 0.4) is 0 Å². The number of alkyl halides is 1. The van der Waals surface area contributed by atoms with Crippen molar-refractivity contribution in [3.8, 4) is 6.07 Å². The van der Waals surface area contributed by atoms with E-state index in [4.69, 9.17) is 16.9 Å². The zero-order valence-corrected chi connectivity index (χ0v) is 11.7. The van der Waals surface area contributed by atoms with Gasteiger partial charge in [0.05, 0.1) is 17.0 Å². The summed E-state index contributed by atoms with van der Waals surface area (Å²) >= 11 is 5.79.